The fourth-order valence-electron chi connectivity index (χ4n) is 4.83. The molecular weight excluding hydrogens is 388 g/mol. The summed E-state index contributed by atoms with van der Waals surface area (Å²) in [6.45, 7) is 0. The standard InChI is InChI=1S/C26H24N2O3/c27-15-19-7-4-8-20(11-19)21-13-22-9-10-23(14-21)28(22)26(29)25-17-30-16-24(31-25)12-18-5-2-1-3-6-18/h1-2,4-5,7-8,11,13,16-17,22-23H,3,6,9-10,12,14H2. The molecule has 0 spiro atoms. The predicted molar refractivity (Wildman–Crippen MR) is 117 cm³/mol. The van der Waals surface area contributed by atoms with E-state index in [2.05, 4.69) is 30.4 Å². The highest BCUT2D eigenvalue weighted by Crippen LogP contribution is 2.40. The molecule has 1 aromatic carbocycles. The first-order valence-electron chi connectivity index (χ1n) is 10.8. The van der Waals surface area contributed by atoms with Crippen LogP contribution in [-0.2, 0) is 14.3 Å². The van der Waals surface area contributed by atoms with Crippen LogP contribution in [0, 0.1) is 11.3 Å². The second-order valence-electron chi connectivity index (χ2n) is 8.37. The number of fused-ring (bicyclic) bond motifs is 2. The molecule has 2 bridgehead atoms. The second kappa shape index (κ2) is 8.31. The summed E-state index contributed by atoms with van der Waals surface area (Å²) in [5.74, 6) is 0.808. The molecule has 4 aliphatic rings. The number of allylic oxidation sites excluding steroid dienone is 4. The zero-order valence-corrected chi connectivity index (χ0v) is 17.3. The molecule has 0 saturated carbocycles. The van der Waals surface area contributed by atoms with Crippen LogP contribution in [0.25, 0.3) is 5.57 Å². The molecule has 5 rings (SSSR count). The Bertz CT molecular complexity index is 1100. The highest BCUT2D eigenvalue weighted by atomic mass is 16.5. The molecule has 3 heterocycles. The number of nitrogens with zero attached hydrogens (tertiary/aromatic N) is 2. The minimum Gasteiger partial charge on any atom is -0.465 e. The lowest BCUT2D eigenvalue weighted by Crippen LogP contribution is -2.44. The van der Waals surface area contributed by atoms with Crippen molar-refractivity contribution in [2.45, 2.75) is 50.6 Å². The van der Waals surface area contributed by atoms with Crippen LogP contribution in [0.15, 0.2) is 78.2 Å². The van der Waals surface area contributed by atoms with Crippen LogP contribution in [0.1, 0.15) is 49.7 Å². The van der Waals surface area contributed by atoms with Crippen LogP contribution in [0.4, 0.5) is 0 Å². The normalized spacial score (nSPS) is 24.2. The van der Waals surface area contributed by atoms with Gasteiger partial charge in [0, 0.05) is 12.5 Å². The molecule has 0 N–H and O–H groups in total. The molecule has 1 amide bonds. The Hall–Kier alpha value is -3.52. The molecule has 2 unspecified atom stereocenters. The monoisotopic (exact) mass is 412 g/mol. The van der Waals surface area contributed by atoms with Crippen molar-refractivity contribution in [1.82, 2.24) is 4.90 Å². The number of rotatable bonds is 4. The number of benzene rings is 1. The Morgan fingerprint density at radius 2 is 2.19 bits per heavy atom. The van der Waals surface area contributed by atoms with Gasteiger partial charge in [-0.3, -0.25) is 4.79 Å². The predicted octanol–water partition coefficient (Wildman–Crippen LogP) is 5.10. The molecular formula is C26H24N2O3. The van der Waals surface area contributed by atoms with Gasteiger partial charge in [0.25, 0.3) is 5.91 Å². The third-order valence-corrected chi connectivity index (χ3v) is 6.32. The van der Waals surface area contributed by atoms with E-state index in [0.29, 0.717) is 17.7 Å². The lowest BCUT2D eigenvalue weighted by atomic mass is 9.93. The van der Waals surface area contributed by atoms with E-state index in [9.17, 15) is 10.1 Å². The van der Waals surface area contributed by atoms with Crippen molar-refractivity contribution in [3.63, 3.8) is 0 Å². The van der Waals surface area contributed by atoms with Crippen LogP contribution < -0.4 is 0 Å². The molecule has 5 nitrogen and oxygen atoms in total. The average Bonchev–Trinajstić information content (AvgIpc) is 3.08. The number of hydrogen-bond donors (Lipinski definition) is 0. The number of nitriles is 1. The van der Waals surface area contributed by atoms with E-state index in [0.717, 1.165) is 37.7 Å². The molecule has 5 heteroatoms. The van der Waals surface area contributed by atoms with Crippen molar-refractivity contribution >= 4 is 11.5 Å². The van der Waals surface area contributed by atoms with Gasteiger partial charge in [-0.05, 0) is 55.4 Å². The average molecular weight is 412 g/mol. The second-order valence-corrected chi connectivity index (χ2v) is 8.37. The lowest BCUT2D eigenvalue weighted by Gasteiger charge is -2.35. The number of amides is 1. The summed E-state index contributed by atoms with van der Waals surface area (Å²) >= 11 is 0. The molecule has 0 aromatic heterocycles. The van der Waals surface area contributed by atoms with Gasteiger partial charge in [0.15, 0.2) is 0 Å². The summed E-state index contributed by atoms with van der Waals surface area (Å²) in [6, 6.07) is 10.1. The van der Waals surface area contributed by atoms with Crippen LogP contribution in [0.2, 0.25) is 0 Å². The van der Waals surface area contributed by atoms with Gasteiger partial charge in [-0.2, -0.15) is 5.26 Å². The quantitative estimate of drug-likeness (QED) is 0.690. The zero-order chi connectivity index (χ0) is 21.2. The highest BCUT2D eigenvalue weighted by molar-refractivity contribution is 5.93. The van der Waals surface area contributed by atoms with Gasteiger partial charge in [-0.1, -0.05) is 42.0 Å². The summed E-state index contributed by atoms with van der Waals surface area (Å²) in [7, 11) is 0. The fraction of sp³-hybridized carbons (Fsp3) is 0.308. The van der Waals surface area contributed by atoms with E-state index in [4.69, 9.17) is 9.47 Å². The molecule has 1 aliphatic carbocycles. The van der Waals surface area contributed by atoms with E-state index < -0.39 is 0 Å². The Kier molecular flexibility index (Phi) is 5.21. The lowest BCUT2D eigenvalue weighted by molar-refractivity contribution is -0.132. The van der Waals surface area contributed by atoms with Gasteiger partial charge >= 0.3 is 0 Å². The van der Waals surface area contributed by atoms with Gasteiger partial charge in [-0.15, -0.1) is 0 Å². The van der Waals surface area contributed by atoms with E-state index in [1.165, 1.54) is 17.4 Å². The van der Waals surface area contributed by atoms with Crippen molar-refractivity contribution in [2.75, 3.05) is 0 Å². The summed E-state index contributed by atoms with van der Waals surface area (Å²) in [6.07, 6.45) is 16.9. The fourth-order valence-corrected chi connectivity index (χ4v) is 4.83. The SMILES string of the molecule is N#Cc1cccc(C2=CC3CCC(C2)N3C(=O)C2=COC=C(CC3=CC=CCC3)O2)c1. The maximum atomic E-state index is 13.3. The summed E-state index contributed by atoms with van der Waals surface area (Å²) < 4.78 is 11.4. The smallest absolute Gasteiger partial charge is 0.293 e. The van der Waals surface area contributed by atoms with Crippen molar-refractivity contribution in [1.29, 1.82) is 5.26 Å². The highest BCUT2D eigenvalue weighted by Gasteiger charge is 2.41. The van der Waals surface area contributed by atoms with E-state index in [1.54, 1.807) is 6.26 Å². The zero-order valence-electron chi connectivity index (χ0n) is 17.3. The molecule has 2 atom stereocenters. The Balaban J connectivity index is 1.30. The Labute approximate surface area is 182 Å². The van der Waals surface area contributed by atoms with Gasteiger partial charge < -0.3 is 14.4 Å². The van der Waals surface area contributed by atoms with Gasteiger partial charge in [0.1, 0.15) is 18.3 Å². The molecule has 156 valence electrons. The summed E-state index contributed by atoms with van der Waals surface area (Å²) in [4.78, 5) is 15.3. The van der Waals surface area contributed by atoms with Crippen LogP contribution in [0.3, 0.4) is 0 Å². The largest absolute Gasteiger partial charge is 0.465 e. The van der Waals surface area contributed by atoms with E-state index in [1.807, 2.05) is 29.2 Å². The summed E-state index contributed by atoms with van der Waals surface area (Å²) in [5.41, 5.74) is 4.21. The number of hydrogen-bond acceptors (Lipinski definition) is 4. The molecule has 1 fully saturated rings. The summed E-state index contributed by atoms with van der Waals surface area (Å²) in [5, 5.41) is 9.20. The first kappa shape index (κ1) is 19.4. The molecule has 1 aromatic rings. The molecule has 1 saturated heterocycles. The van der Waals surface area contributed by atoms with Crippen molar-refractivity contribution < 1.29 is 14.3 Å². The van der Waals surface area contributed by atoms with Crippen molar-refractivity contribution in [2.24, 2.45) is 0 Å². The third-order valence-electron chi connectivity index (χ3n) is 6.32. The van der Waals surface area contributed by atoms with Crippen molar-refractivity contribution in [3.05, 3.63) is 89.3 Å². The van der Waals surface area contributed by atoms with Gasteiger partial charge in [-0.25, -0.2) is 0 Å². The maximum absolute atomic E-state index is 13.3. The van der Waals surface area contributed by atoms with Crippen LogP contribution in [0.5, 0.6) is 0 Å². The topological polar surface area (TPSA) is 62.6 Å². The van der Waals surface area contributed by atoms with Crippen molar-refractivity contribution in [3.8, 4) is 6.07 Å². The number of carbonyl (C=O) groups excluding carboxylic acids is 1. The number of carbonyl (C=O) groups is 1. The molecule has 3 aliphatic heterocycles. The molecule has 31 heavy (non-hydrogen) atoms. The first-order chi connectivity index (χ1) is 15.2. The Morgan fingerprint density at radius 1 is 1.26 bits per heavy atom. The minimum absolute atomic E-state index is 0.0389. The van der Waals surface area contributed by atoms with Crippen LogP contribution in [-0.4, -0.2) is 22.9 Å². The first-order valence-corrected chi connectivity index (χ1v) is 10.8. The van der Waals surface area contributed by atoms with Crippen LogP contribution >= 0.6 is 0 Å². The van der Waals surface area contributed by atoms with Gasteiger partial charge in [0.2, 0.25) is 5.76 Å². The Morgan fingerprint density at radius 3 is 3.00 bits per heavy atom. The minimum atomic E-state index is -0.114. The van der Waals surface area contributed by atoms with Gasteiger partial charge in [0.05, 0.1) is 17.7 Å². The molecule has 0 radical (unpaired) electrons. The van der Waals surface area contributed by atoms with E-state index in [-0.39, 0.29) is 23.8 Å². The third kappa shape index (κ3) is 3.94. The number of ether oxygens (including phenoxy) is 2. The van der Waals surface area contributed by atoms with E-state index >= 15 is 0 Å². The maximum Gasteiger partial charge on any atom is 0.293 e.